The maximum absolute atomic E-state index is 6.28. The number of nitrogens with two attached hydrogens (primary N) is 1. The summed E-state index contributed by atoms with van der Waals surface area (Å²) in [5.41, 5.74) is 9.52. The molecule has 112 valence electrons. The summed E-state index contributed by atoms with van der Waals surface area (Å²) in [6.45, 7) is 2.09. The first kappa shape index (κ1) is 15.9. The fourth-order valence-electron chi connectivity index (χ4n) is 2.50. The van der Waals surface area contributed by atoms with Crippen LogP contribution in [0.15, 0.2) is 42.5 Å². The van der Waals surface area contributed by atoms with Crippen LogP contribution in [0.4, 0.5) is 0 Å². The topological polar surface area (TPSA) is 35.2 Å². The van der Waals surface area contributed by atoms with Gasteiger partial charge in [-0.25, -0.2) is 0 Å². The van der Waals surface area contributed by atoms with Gasteiger partial charge in [0, 0.05) is 23.0 Å². The molecular weight excluding hydrogens is 282 g/mol. The molecule has 0 aliphatic rings. The summed E-state index contributed by atoms with van der Waals surface area (Å²) < 4.78 is 5.63. The van der Waals surface area contributed by atoms with Crippen LogP contribution in [0, 0.1) is 0 Å². The molecule has 0 saturated heterocycles. The first-order chi connectivity index (χ1) is 10.1. The van der Waals surface area contributed by atoms with Gasteiger partial charge in [0.15, 0.2) is 0 Å². The van der Waals surface area contributed by atoms with Crippen molar-refractivity contribution in [3.8, 4) is 5.75 Å². The summed E-state index contributed by atoms with van der Waals surface area (Å²) in [5, 5.41) is 0.736. The van der Waals surface area contributed by atoms with Crippen LogP contribution >= 0.6 is 11.6 Å². The molecule has 2 N–H and O–H groups in total. The minimum Gasteiger partial charge on any atom is -0.496 e. The maximum atomic E-state index is 6.28. The molecule has 1 unspecified atom stereocenters. The van der Waals surface area contributed by atoms with Crippen LogP contribution in [-0.4, -0.2) is 13.2 Å². The molecule has 0 aromatic heterocycles. The number of hydrogen-bond acceptors (Lipinski definition) is 2. The molecule has 0 saturated carbocycles. The summed E-state index contributed by atoms with van der Waals surface area (Å²) in [7, 11) is 1.71. The molecule has 0 radical (unpaired) electrons. The first-order valence-electron chi connectivity index (χ1n) is 7.28. The zero-order valence-electron chi connectivity index (χ0n) is 12.6. The van der Waals surface area contributed by atoms with Gasteiger partial charge in [0.05, 0.1) is 7.11 Å². The second-order valence-electron chi connectivity index (χ2n) is 5.29. The van der Waals surface area contributed by atoms with Crippen LogP contribution in [-0.2, 0) is 12.8 Å². The van der Waals surface area contributed by atoms with Crippen LogP contribution in [0.5, 0.6) is 5.75 Å². The van der Waals surface area contributed by atoms with E-state index >= 15 is 0 Å². The van der Waals surface area contributed by atoms with Crippen molar-refractivity contribution in [2.45, 2.75) is 32.2 Å². The number of rotatable bonds is 6. The van der Waals surface area contributed by atoms with Gasteiger partial charge in [-0.2, -0.15) is 0 Å². The largest absolute Gasteiger partial charge is 0.496 e. The Morgan fingerprint density at radius 3 is 2.43 bits per heavy atom. The van der Waals surface area contributed by atoms with E-state index < -0.39 is 0 Å². The van der Waals surface area contributed by atoms with Crippen molar-refractivity contribution < 1.29 is 4.74 Å². The van der Waals surface area contributed by atoms with Gasteiger partial charge in [-0.05, 0) is 36.1 Å². The molecule has 21 heavy (non-hydrogen) atoms. The van der Waals surface area contributed by atoms with Crippen molar-refractivity contribution in [3.05, 3.63) is 64.2 Å². The van der Waals surface area contributed by atoms with Gasteiger partial charge in [-0.15, -0.1) is 0 Å². The third kappa shape index (κ3) is 4.23. The molecule has 2 aromatic rings. The highest BCUT2D eigenvalue weighted by atomic mass is 35.5. The fraction of sp³-hybridized carbons (Fsp3) is 0.333. The summed E-state index contributed by atoms with van der Waals surface area (Å²) >= 11 is 6.28. The number of ether oxygens (including phenoxy) is 1. The van der Waals surface area contributed by atoms with E-state index in [-0.39, 0.29) is 6.04 Å². The average Bonchev–Trinajstić information content (AvgIpc) is 2.48. The van der Waals surface area contributed by atoms with Crippen LogP contribution in [0.1, 0.15) is 30.0 Å². The molecule has 2 rings (SSSR count). The molecule has 2 nitrogen and oxygen atoms in total. The lowest BCUT2D eigenvalue weighted by Crippen LogP contribution is -2.22. The van der Waals surface area contributed by atoms with Crippen molar-refractivity contribution in [2.75, 3.05) is 7.11 Å². The third-order valence-corrected chi connectivity index (χ3v) is 3.87. The van der Waals surface area contributed by atoms with Gasteiger partial charge in [-0.1, -0.05) is 48.9 Å². The monoisotopic (exact) mass is 303 g/mol. The average molecular weight is 304 g/mol. The van der Waals surface area contributed by atoms with Crippen LogP contribution in [0.3, 0.4) is 0 Å². The highest BCUT2D eigenvalue weighted by Gasteiger charge is 2.14. The molecule has 0 bridgehead atoms. The zero-order chi connectivity index (χ0) is 15.2. The van der Waals surface area contributed by atoms with Crippen molar-refractivity contribution in [3.63, 3.8) is 0 Å². The Balaban J connectivity index is 2.35. The Bertz CT molecular complexity index is 583. The SMILES string of the molecule is CCC(N)Cc1cc(Cl)cc(Cc2ccccc2)c1OC. The van der Waals surface area contributed by atoms with E-state index in [2.05, 4.69) is 19.1 Å². The van der Waals surface area contributed by atoms with Gasteiger partial charge in [0.1, 0.15) is 5.75 Å². The number of benzene rings is 2. The van der Waals surface area contributed by atoms with E-state index in [9.17, 15) is 0 Å². The highest BCUT2D eigenvalue weighted by molar-refractivity contribution is 6.30. The standard InChI is InChI=1S/C18H22ClNO/c1-3-17(20)12-15-11-16(19)10-14(18(15)21-2)9-13-7-5-4-6-8-13/h4-8,10-11,17H,3,9,12,20H2,1-2H3. The maximum Gasteiger partial charge on any atom is 0.125 e. The van der Waals surface area contributed by atoms with E-state index in [1.165, 1.54) is 5.56 Å². The molecule has 0 aliphatic carbocycles. The lowest BCUT2D eigenvalue weighted by Gasteiger charge is -2.17. The molecule has 0 fully saturated rings. The molecule has 0 amide bonds. The minimum absolute atomic E-state index is 0.127. The Morgan fingerprint density at radius 1 is 1.14 bits per heavy atom. The highest BCUT2D eigenvalue weighted by Crippen LogP contribution is 2.31. The van der Waals surface area contributed by atoms with Crippen molar-refractivity contribution >= 4 is 11.6 Å². The molecule has 0 spiro atoms. The molecule has 0 aliphatic heterocycles. The van der Waals surface area contributed by atoms with E-state index in [1.807, 2.05) is 30.3 Å². The Morgan fingerprint density at radius 2 is 1.81 bits per heavy atom. The van der Waals surface area contributed by atoms with Gasteiger partial charge in [0.2, 0.25) is 0 Å². The smallest absolute Gasteiger partial charge is 0.125 e. The summed E-state index contributed by atoms with van der Waals surface area (Å²) in [5.74, 6) is 0.909. The summed E-state index contributed by atoms with van der Waals surface area (Å²) in [6, 6.07) is 14.4. The van der Waals surface area contributed by atoms with Gasteiger partial charge in [-0.3, -0.25) is 0 Å². The molecule has 2 aromatic carbocycles. The first-order valence-corrected chi connectivity index (χ1v) is 7.66. The molecule has 0 heterocycles. The molecule has 3 heteroatoms. The van der Waals surface area contributed by atoms with Crippen molar-refractivity contribution in [1.29, 1.82) is 0 Å². The predicted octanol–water partition coefficient (Wildman–Crippen LogP) is 4.22. The van der Waals surface area contributed by atoms with Crippen LogP contribution < -0.4 is 10.5 Å². The lowest BCUT2D eigenvalue weighted by atomic mass is 9.97. The Hall–Kier alpha value is -1.51. The summed E-state index contributed by atoms with van der Waals surface area (Å²) in [6.07, 6.45) is 2.52. The second-order valence-corrected chi connectivity index (χ2v) is 5.73. The minimum atomic E-state index is 0.127. The number of methoxy groups -OCH3 is 1. The van der Waals surface area contributed by atoms with E-state index in [0.29, 0.717) is 0 Å². The zero-order valence-corrected chi connectivity index (χ0v) is 13.4. The third-order valence-electron chi connectivity index (χ3n) is 3.66. The Labute approximate surface area is 131 Å². The van der Waals surface area contributed by atoms with Gasteiger partial charge < -0.3 is 10.5 Å². The normalized spacial score (nSPS) is 12.2. The van der Waals surface area contributed by atoms with E-state index in [0.717, 1.165) is 41.2 Å². The van der Waals surface area contributed by atoms with Gasteiger partial charge in [0.25, 0.3) is 0 Å². The summed E-state index contributed by atoms with van der Waals surface area (Å²) in [4.78, 5) is 0. The molecular formula is C18H22ClNO. The van der Waals surface area contributed by atoms with Gasteiger partial charge >= 0.3 is 0 Å². The van der Waals surface area contributed by atoms with Crippen molar-refractivity contribution in [1.82, 2.24) is 0 Å². The fourth-order valence-corrected chi connectivity index (χ4v) is 2.76. The predicted molar refractivity (Wildman–Crippen MR) is 89.2 cm³/mol. The van der Waals surface area contributed by atoms with E-state index in [4.69, 9.17) is 22.1 Å². The quantitative estimate of drug-likeness (QED) is 0.867. The van der Waals surface area contributed by atoms with E-state index in [1.54, 1.807) is 7.11 Å². The number of hydrogen-bond donors (Lipinski definition) is 1. The lowest BCUT2D eigenvalue weighted by molar-refractivity contribution is 0.403. The van der Waals surface area contributed by atoms with Crippen molar-refractivity contribution in [2.24, 2.45) is 5.73 Å². The number of halogens is 1. The molecule has 1 atom stereocenters. The second kappa shape index (κ2) is 7.48. The van der Waals surface area contributed by atoms with Crippen LogP contribution in [0.2, 0.25) is 5.02 Å². The van der Waals surface area contributed by atoms with Crippen LogP contribution in [0.25, 0.3) is 0 Å². The Kier molecular flexibility index (Phi) is 5.66.